The number of para-hydroxylation sites is 1. The highest BCUT2D eigenvalue weighted by molar-refractivity contribution is 5.85. The number of hydrogen-bond acceptors (Lipinski definition) is 1. The lowest BCUT2D eigenvalue weighted by Crippen LogP contribution is -2.13. The van der Waals surface area contributed by atoms with Gasteiger partial charge in [-0.3, -0.25) is 0 Å². The molecule has 19 heavy (non-hydrogen) atoms. The Morgan fingerprint density at radius 2 is 1.63 bits per heavy atom. The number of halogens is 1. The second kappa shape index (κ2) is 5.91. The summed E-state index contributed by atoms with van der Waals surface area (Å²) >= 11 is 0. The predicted molar refractivity (Wildman–Crippen MR) is 82.6 cm³/mol. The SMILES string of the molecule is Cl.N[C@@H](Cc1ccccc1)c1cc2ccccc2[nH]1. The summed E-state index contributed by atoms with van der Waals surface area (Å²) < 4.78 is 0. The van der Waals surface area contributed by atoms with Gasteiger partial charge in [-0.15, -0.1) is 12.4 Å². The number of fused-ring (bicyclic) bond motifs is 1. The normalized spacial score (nSPS) is 12.1. The Balaban J connectivity index is 0.00000133. The minimum atomic E-state index is 0. The van der Waals surface area contributed by atoms with Crippen LogP contribution in [0.15, 0.2) is 60.7 Å². The van der Waals surface area contributed by atoms with Crippen molar-refractivity contribution in [3.63, 3.8) is 0 Å². The quantitative estimate of drug-likeness (QED) is 0.747. The van der Waals surface area contributed by atoms with Gasteiger partial charge < -0.3 is 10.7 Å². The molecule has 1 heterocycles. The van der Waals surface area contributed by atoms with Crippen LogP contribution >= 0.6 is 12.4 Å². The molecule has 0 aliphatic rings. The third kappa shape index (κ3) is 2.98. The minimum absolute atomic E-state index is 0. The lowest BCUT2D eigenvalue weighted by molar-refractivity contribution is 0.704. The van der Waals surface area contributed by atoms with E-state index in [0.29, 0.717) is 0 Å². The molecular weight excluding hydrogens is 256 g/mol. The fourth-order valence-corrected chi connectivity index (χ4v) is 2.27. The zero-order valence-corrected chi connectivity index (χ0v) is 11.4. The number of nitrogens with two attached hydrogens (primary N) is 1. The van der Waals surface area contributed by atoms with E-state index in [4.69, 9.17) is 5.73 Å². The van der Waals surface area contributed by atoms with Gasteiger partial charge in [-0.2, -0.15) is 0 Å². The zero-order valence-electron chi connectivity index (χ0n) is 10.5. The summed E-state index contributed by atoms with van der Waals surface area (Å²) in [6, 6.07) is 20.8. The summed E-state index contributed by atoms with van der Waals surface area (Å²) in [6.07, 6.45) is 0.855. The number of benzene rings is 2. The van der Waals surface area contributed by atoms with Crippen LogP contribution in [0.2, 0.25) is 0 Å². The Bertz CT molecular complexity index is 613. The van der Waals surface area contributed by atoms with Crippen LogP contribution in [0.3, 0.4) is 0 Å². The van der Waals surface area contributed by atoms with Gasteiger partial charge in [-0.05, 0) is 29.5 Å². The fraction of sp³-hybridized carbons (Fsp3) is 0.125. The fourth-order valence-electron chi connectivity index (χ4n) is 2.27. The highest BCUT2D eigenvalue weighted by Gasteiger charge is 2.09. The van der Waals surface area contributed by atoms with Gasteiger partial charge in [-0.25, -0.2) is 0 Å². The van der Waals surface area contributed by atoms with Gasteiger partial charge in [0.25, 0.3) is 0 Å². The molecule has 3 heteroatoms. The summed E-state index contributed by atoms with van der Waals surface area (Å²) in [5.41, 5.74) is 9.77. The number of hydrogen-bond donors (Lipinski definition) is 2. The first-order valence-electron chi connectivity index (χ1n) is 6.20. The van der Waals surface area contributed by atoms with Crippen molar-refractivity contribution >= 4 is 23.3 Å². The molecule has 1 atom stereocenters. The molecular formula is C16H17ClN2. The van der Waals surface area contributed by atoms with E-state index in [0.717, 1.165) is 17.6 Å². The maximum atomic E-state index is 6.26. The van der Waals surface area contributed by atoms with Gasteiger partial charge in [0.05, 0.1) is 0 Å². The van der Waals surface area contributed by atoms with Crippen molar-refractivity contribution in [2.75, 3.05) is 0 Å². The van der Waals surface area contributed by atoms with Crippen LogP contribution in [0.5, 0.6) is 0 Å². The summed E-state index contributed by atoms with van der Waals surface area (Å²) in [4.78, 5) is 3.39. The van der Waals surface area contributed by atoms with E-state index < -0.39 is 0 Å². The maximum Gasteiger partial charge on any atom is 0.0489 e. The highest BCUT2D eigenvalue weighted by atomic mass is 35.5. The lowest BCUT2D eigenvalue weighted by atomic mass is 10.0. The zero-order chi connectivity index (χ0) is 12.4. The Kier molecular flexibility index (Phi) is 4.25. The Morgan fingerprint density at radius 1 is 0.947 bits per heavy atom. The molecule has 2 nitrogen and oxygen atoms in total. The summed E-state index contributed by atoms with van der Waals surface area (Å²) in [5.74, 6) is 0. The van der Waals surface area contributed by atoms with Crippen molar-refractivity contribution in [2.45, 2.75) is 12.5 Å². The van der Waals surface area contributed by atoms with E-state index in [1.165, 1.54) is 10.9 Å². The van der Waals surface area contributed by atoms with E-state index in [-0.39, 0.29) is 18.4 Å². The topological polar surface area (TPSA) is 41.8 Å². The van der Waals surface area contributed by atoms with Crippen molar-refractivity contribution in [1.29, 1.82) is 0 Å². The molecule has 0 saturated heterocycles. The molecule has 0 unspecified atom stereocenters. The molecule has 0 bridgehead atoms. The average molecular weight is 273 g/mol. The van der Waals surface area contributed by atoms with Crippen LogP contribution in [0, 0.1) is 0 Å². The molecule has 0 fully saturated rings. The van der Waals surface area contributed by atoms with Gasteiger partial charge in [0.2, 0.25) is 0 Å². The minimum Gasteiger partial charge on any atom is -0.357 e. The molecule has 2 aromatic carbocycles. The molecule has 1 aromatic heterocycles. The first-order valence-corrected chi connectivity index (χ1v) is 6.20. The van der Waals surface area contributed by atoms with Crippen molar-refractivity contribution in [3.8, 4) is 0 Å². The van der Waals surface area contributed by atoms with Crippen molar-refractivity contribution in [2.24, 2.45) is 5.73 Å². The highest BCUT2D eigenvalue weighted by Crippen LogP contribution is 2.21. The molecule has 3 N–H and O–H groups in total. The third-order valence-electron chi connectivity index (χ3n) is 3.25. The van der Waals surface area contributed by atoms with E-state index in [2.05, 4.69) is 35.3 Å². The van der Waals surface area contributed by atoms with Crippen LogP contribution in [0.4, 0.5) is 0 Å². The second-order valence-corrected chi connectivity index (χ2v) is 4.61. The molecule has 0 amide bonds. The monoisotopic (exact) mass is 272 g/mol. The third-order valence-corrected chi connectivity index (χ3v) is 3.25. The van der Waals surface area contributed by atoms with Crippen molar-refractivity contribution in [1.82, 2.24) is 4.98 Å². The molecule has 0 aliphatic carbocycles. The largest absolute Gasteiger partial charge is 0.357 e. The summed E-state index contributed by atoms with van der Waals surface area (Å²) in [7, 11) is 0. The molecule has 3 aromatic rings. The number of rotatable bonds is 3. The van der Waals surface area contributed by atoms with Crippen LogP contribution in [0.1, 0.15) is 17.3 Å². The van der Waals surface area contributed by atoms with E-state index in [1.54, 1.807) is 0 Å². The standard InChI is InChI=1S/C16H16N2.ClH/c17-14(10-12-6-2-1-3-7-12)16-11-13-8-4-5-9-15(13)18-16;/h1-9,11,14,18H,10,17H2;1H/t14-;/m0./s1. The van der Waals surface area contributed by atoms with E-state index >= 15 is 0 Å². The van der Waals surface area contributed by atoms with Crippen LogP contribution in [0.25, 0.3) is 10.9 Å². The maximum absolute atomic E-state index is 6.26. The van der Waals surface area contributed by atoms with Gasteiger partial charge in [0.1, 0.15) is 0 Å². The van der Waals surface area contributed by atoms with Gasteiger partial charge in [0.15, 0.2) is 0 Å². The van der Waals surface area contributed by atoms with Gasteiger partial charge in [-0.1, -0.05) is 48.5 Å². The average Bonchev–Trinajstić information content (AvgIpc) is 2.84. The van der Waals surface area contributed by atoms with Crippen molar-refractivity contribution < 1.29 is 0 Å². The first kappa shape index (κ1) is 13.7. The van der Waals surface area contributed by atoms with E-state index in [9.17, 15) is 0 Å². The Labute approximate surface area is 119 Å². The van der Waals surface area contributed by atoms with Crippen LogP contribution in [-0.4, -0.2) is 4.98 Å². The van der Waals surface area contributed by atoms with Crippen LogP contribution < -0.4 is 5.73 Å². The summed E-state index contributed by atoms with van der Waals surface area (Å²) in [6.45, 7) is 0. The molecule has 98 valence electrons. The molecule has 3 rings (SSSR count). The predicted octanol–water partition coefficient (Wildman–Crippen LogP) is 3.83. The number of aromatic nitrogens is 1. The molecule has 0 radical (unpaired) electrons. The Hall–Kier alpha value is -1.77. The van der Waals surface area contributed by atoms with Gasteiger partial charge in [0, 0.05) is 17.3 Å². The number of nitrogens with one attached hydrogen (secondary N) is 1. The van der Waals surface area contributed by atoms with Crippen molar-refractivity contribution in [3.05, 3.63) is 71.9 Å². The smallest absolute Gasteiger partial charge is 0.0489 e. The second-order valence-electron chi connectivity index (χ2n) is 4.61. The number of H-pyrrole nitrogens is 1. The Morgan fingerprint density at radius 3 is 2.37 bits per heavy atom. The first-order chi connectivity index (χ1) is 8.83. The number of aromatic amines is 1. The lowest BCUT2D eigenvalue weighted by Gasteiger charge is -2.09. The van der Waals surface area contributed by atoms with E-state index in [1.807, 2.05) is 30.3 Å². The van der Waals surface area contributed by atoms with Gasteiger partial charge >= 0.3 is 0 Å². The molecule has 0 saturated carbocycles. The molecule has 0 spiro atoms. The van der Waals surface area contributed by atoms with Crippen LogP contribution in [-0.2, 0) is 6.42 Å². The molecule has 0 aliphatic heterocycles. The summed E-state index contributed by atoms with van der Waals surface area (Å²) in [5, 5.41) is 1.22.